The highest BCUT2D eigenvalue weighted by molar-refractivity contribution is 6.40. The minimum absolute atomic E-state index is 0.0244. The largest absolute Gasteiger partial charge is 0.461 e. The molecule has 0 radical (unpaired) electrons. The zero-order valence-corrected chi connectivity index (χ0v) is 39.2. The molecule has 3 fully saturated rings. The standard InChI is InChI=1S/C51H82O10/c1-31-18-12-10-13-19-32(2)43(58-8)29-39-25-24-33(3)49(60-39)48(56)47(55)40-22-16-17-23-41(40)51(57)61-44(35(5)28-38-20-14-11-15-21-38)30-42(52)34(4)27-37(7)46(54)50(59-9)45(53)36(6)26-31/h10,13,19,31,33-41,43-44,46,49-50,54H,11-12,14-18,20-30H2,1-9H3/b13-10+,32-19+. The van der Waals surface area contributed by atoms with E-state index in [-0.39, 0.29) is 53.9 Å². The number of allylic oxidation sites excluding steroid dienone is 3. The number of methoxy groups -OCH3 is 2. The lowest BCUT2D eigenvalue weighted by molar-refractivity contribution is -0.166. The van der Waals surface area contributed by atoms with Gasteiger partial charge in [-0.25, -0.2) is 0 Å². The van der Waals surface area contributed by atoms with Gasteiger partial charge in [0.25, 0.3) is 0 Å². The number of carbonyl (C=O) groups excluding carboxylic acids is 5. The molecule has 4 aliphatic rings. The van der Waals surface area contributed by atoms with E-state index in [9.17, 15) is 29.1 Å². The second kappa shape index (κ2) is 25.1. The summed E-state index contributed by atoms with van der Waals surface area (Å²) < 4.78 is 24.4. The van der Waals surface area contributed by atoms with Gasteiger partial charge in [0.15, 0.2) is 5.78 Å². The molecule has 10 heteroatoms. The highest BCUT2D eigenvalue weighted by Crippen LogP contribution is 2.38. The summed E-state index contributed by atoms with van der Waals surface area (Å²) in [6.45, 7) is 13.8. The fourth-order valence-corrected chi connectivity index (χ4v) is 10.8. The Morgan fingerprint density at radius 2 is 1.43 bits per heavy atom. The van der Waals surface area contributed by atoms with Gasteiger partial charge in [-0.1, -0.05) is 105 Å². The van der Waals surface area contributed by atoms with Gasteiger partial charge in [-0.15, -0.1) is 0 Å². The van der Waals surface area contributed by atoms with E-state index in [0.29, 0.717) is 38.0 Å². The molecule has 2 heterocycles. The number of ketones is 4. The summed E-state index contributed by atoms with van der Waals surface area (Å²) in [5.74, 6) is -4.04. The van der Waals surface area contributed by atoms with Crippen LogP contribution < -0.4 is 0 Å². The van der Waals surface area contributed by atoms with Crippen LogP contribution in [0.15, 0.2) is 23.8 Å². The molecule has 61 heavy (non-hydrogen) atoms. The smallest absolute Gasteiger partial charge is 0.309 e. The second-order valence-corrected chi connectivity index (χ2v) is 20.1. The SMILES string of the molecule is COC1CC2CCC(C)C(O2)C(=O)C(=O)C2CCCCC2C(=O)OC(C(C)CC2CCCCC2)CC(=O)C(C)CC(C)C(O)C(OC)C(=O)C(C)CC(C)CC/C=C/C=C/1C. The topological polar surface area (TPSA) is 142 Å². The van der Waals surface area contributed by atoms with Crippen molar-refractivity contribution in [3.8, 4) is 0 Å². The summed E-state index contributed by atoms with van der Waals surface area (Å²) >= 11 is 0. The molecule has 0 amide bonds. The maximum absolute atomic E-state index is 14.3. The summed E-state index contributed by atoms with van der Waals surface area (Å²) in [7, 11) is 3.13. The van der Waals surface area contributed by atoms with Crippen molar-refractivity contribution in [3.05, 3.63) is 23.8 Å². The molecule has 0 aromatic rings. The van der Waals surface area contributed by atoms with E-state index in [4.69, 9.17) is 18.9 Å². The van der Waals surface area contributed by atoms with Gasteiger partial charge in [-0.05, 0) is 99.9 Å². The van der Waals surface area contributed by atoms with Gasteiger partial charge in [0.2, 0.25) is 11.6 Å². The number of hydrogen-bond acceptors (Lipinski definition) is 10. The number of cyclic esters (lactones) is 1. The fraction of sp³-hybridized carbons (Fsp3) is 0.824. The molecule has 0 aromatic carbocycles. The van der Waals surface area contributed by atoms with Crippen molar-refractivity contribution < 1.29 is 48.0 Å². The van der Waals surface area contributed by atoms with Crippen molar-refractivity contribution in [2.45, 2.75) is 201 Å². The van der Waals surface area contributed by atoms with Gasteiger partial charge < -0.3 is 24.1 Å². The first-order chi connectivity index (χ1) is 29.1. The lowest BCUT2D eigenvalue weighted by Gasteiger charge is -2.37. The van der Waals surface area contributed by atoms with Crippen molar-refractivity contribution >= 4 is 29.1 Å². The van der Waals surface area contributed by atoms with Gasteiger partial charge in [0.05, 0.1) is 24.2 Å². The molecule has 346 valence electrons. The Morgan fingerprint density at radius 1 is 0.754 bits per heavy atom. The van der Waals surface area contributed by atoms with Crippen LogP contribution in [0.3, 0.4) is 0 Å². The lowest BCUT2D eigenvalue weighted by atomic mass is 9.74. The van der Waals surface area contributed by atoms with Crippen LogP contribution in [0, 0.1) is 53.3 Å². The van der Waals surface area contributed by atoms with E-state index in [0.717, 1.165) is 63.4 Å². The summed E-state index contributed by atoms with van der Waals surface area (Å²) in [5, 5.41) is 11.5. The molecular weight excluding hydrogens is 773 g/mol. The summed E-state index contributed by atoms with van der Waals surface area (Å²) in [4.78, 5) is 70.4. The Kier molecular flexibility index (Phi) is 21.0. The van der Waals surface area contributed by atoms with Crippen molar-refractivity contribution in [3.63, 3.8) is 0 Å². The molecule has 2 aliphatic heterocycles. The Hall–Kier alpha value is -2.53. The van der Waals surface area contributed by atoms with E-state index in [1.54, 1.807) is 7.11 Å². The van der Waals surface area contributed by atoms with Gasteiger partial charge in [-0.2, -0.15) is 0 Å². The molecule has 14 atom stereocenters. The number of rotatable bonds is 5. The van der Waals surface area contributed by atoms with E-state index in [2.05, 4.69) is 19.9 Å². The Bertz CT molecular complexity index is 1500. The molecule has 2 saturated carbocycles. The number of ether oxygens (including phenoxy) is 4. The van der Waals surface area contributed by atoms with E-state index < -0.39 is 65.6 Å². The van der Waals surface area contributed by atoms with Crippen molar-refractivity contribution in [1.29, 1.82) is 0 Å². The summed E-state index contributed by atoms with van der Waals surface area (Å²) in [6.07, 6.45) is 15.8. The fourth-order valence-electron chi connectivity index (χ4n) is 10.8. The predicted molar refractivity (Wildman–Crippen MR) is 238 cm³/mol. The van der Waals surface area contributed by atoms with Crippen LogP contribution in [0.2, 0.25) is 0 Å². The number of Topliss-reactive ketones (excluding diaryl/α,β-unsaturated/α-hetero) is 4. The number of esters is 1. The van der Waals surface area contributed by atoms with E-state index >= 15 is 0 Å². The first kappa shape index (κ1) is 51.1. The zero-order valence-electron chi connectivity index (χ0n) is 39.2. The predicted octanol–water partition coefficient (Wildman–Crippen LogP) is 9.56. The lowest BCUT2D eigenvalue weighted by Crippen LogP contribution is -2.47. The van der Waals surface area contributed by atoms with Crippen molar-refractivity contribution in [2.75, 3.05) is 14.2 Å². The molecule has 1 N–H and O–H groups in total. The Balaban J connectivity index is 1.62. The van der Waals surface area contributed by atoms with Crippen LogP contribution in [-0.4, -0.2) is 85.1 Å². The van der Waals surface area contributed by atoms with E-state index in [1.165, 1.54) is 26.4 Å². The van der Waals surface area contributed by atoms with Crippen molar-refractivity contribution in [1.82, 2.24) is 0 Å². The average molecular weight is 855 g/mol. The highest BCUT2D eigenvalue weighted by atomic mass is 16.5. The molecular formula is C51H82O10. The third kappa shape index (κ3) is 14.8. The third-order valence-electron chi connectivity index (χ3n) is 15.0. The van der Waals surface area contributed by atoms with Crippen LogP contribution in [0.4, 0.5) is 0 Å². The first-order valence-electron chi connectivity index (χ1n) is 24.1. The average Bonchev–Trinajstić information content (AvgIpc) is 3.24. The number of carbonyl (C=O) groups is 5. The molecule has 14 unspecified atom stereocenters. The molecule has 1 saturated heterocycles. The number of hydrogen-bond donors (Lipinski definition) is 1. The van der Waals surface area contributed by atoms with Crippen LogP contribution in [0.5, 0.6) is 0 Å². The number of aliphatic hydroxyl groups is 1. The minimum Gasteiger partial charge on any atom is -0.461 e. The van der Waals surface area contributed by atoms with Crippen LogP contribution in [0.1, 0.15) is 164 Å². The zero-order chi connectivity index (χ0) is 44.8. The quantitative estimate of drug-likeness (QED) is 0.210. The molecule has 10 nitrogen and oxygen atoms in total. The minimum atomic E-state index is -1.09. The molecule has 0 aromatic heterocycles. The third-order valence-corrected chi connectivity index (χ3v) is 15.0. The molecule has 4 rings (SSSR count). The molecule has 0 spiro atoms. The Labute approximate surface area is 368 Å². The van der Waals surface area contributed by atoms with Gasteiger partial charge in [0, 0.05) is 44.8 Å². The molecule has 2 bridgehead atoms. The number of aliphatic hydroxyl groups excluding tert-OH is 1. The monoisotopic (exact) mass is 855 g/mol. The van der Waals surface area contributed by atoms with Gasteiger partial charge in [-0.3, -0.25) is 24.0 Å². The summed E-state index contributed by atoms with van der Waals surface area (Å²) in [5.41, 5.74) is 1.03. The van der Waals surface area contributed by atoms with Crippen LogP contribution >= 0.6 is 0 Å². The second-order valence-electron chi connectivity index (χ2n) is 20.1. The summed E-state index contributed by atoms with van der Waals surface area (Å²) in [6, 6.07) is 0. The maximum atomic E-state index is 14.3. The van der Waals surface area contributed by atoms with Crippen molar-refractivity contribution in [2.24, 2.45) is 53.3 Å². The number of fused-ring (bicyclic) bond motifs is 3. The van der Waals surface area contributed by atoms with Crippen LogP contribution in [0.25, 0.3) is 0 Å². The van der Waals surface area contributed by atoms with E-state index in [1.807, 2.05) is 46.8 Å². The van der Waals surface area contributed by atoms with Crippen LogP contribution in [-0.2, 0) is 42.9 Å². The Morgan fingerprint density at radius 3 is 2.10 bits per heavy atom. The molecule has 2 aliphatic carbocycles. The normalized spacial score (nSPS) is 39.1. The maximum Gasteiger partial charge on any atom is 0.309 e. The van der Waals surface area contributed by atoms with Gasteiger partial charge in [0.1, 0.15) is 24.1 Å². The first-order valence-corrected chi connectivity index (χ1v) is 24.1. The van der Waals surface area contributed by atoms with Gasteiger partial charge >= 0.3 is 5.97 Å². The highest BCUT2D eigenvalue weighted by Gasteiger charge is 2.45.